The molecule has 19 heavy (non-hydrogen) atoms. The molecule has 2 fully saturated rings. The van der Waals surface area contributed by atoms with E-state index in [-0.39, 0.29) is 0 Å². The number of benzene rings is 1. The van der Waals surface area contributed by atoms with E-state index in [0.29, 0.717) is 6.54 Å². The molecule has 3 heteroatoms. The van der Waals surface area contributed by atoms with E-state index < -0.39 is 0 Å². The van der Waals surface area contributed by atoms with E-state index in [9.17, 15) is 0 Å². The minimum absolute atomic E-state index is 0.629. The molecule has 0 radical (unpaired) electrons. The van der Waals surface area contributed by atoms with E-state index in [1.165, 1.54) is 43.5 Å². The van der Waals surface area contributed by atoms with Crippen molar-refractivity contribution in [2.45, 2.75) is 38.3 Å². The summed E-state index contributed by atoms with van der Waals surface area (Å²) < 4.78 is 5.46. The summed E-state index contributed by atoms with van der Waals surface area (Å²) in [7, 11) is 0. The van der Waals surface area contributed by atoms with Gasteiger partial charge in [0.05, 0.1) is 0 Å². The number of hydrogen-bond donors (Lipinski definition) is 1. The van der Waals surface area contributed by atoms with Crippen molar-refractivity contribution in [1.29, 1.82) is 0 Å². The van der Waals surface area contributed by atoms with Crippen molar-refractivity contribution in [3.63, 3.8) is 0 Å². The quantitative estimate of drug-likeness (QED) is 0.884. The third-order valence-electron chi connectivity index (χ3n) is 4.29. The fraction of sp³-hybridized carbons (Fsp3) is 0.625. The lowest BCUT2D eigenvalue weighted by Crippen LogP contribution is -2.34. The van der Waals surface area contributed by atoms with Crippen molar-refractivity contribution >= 4 is 5.69 Å². The topological polar surface area (TPSA) is 38.5 Å². The minimum Gasteiger partial charge on any atom is -0.381 e. The van der Waals surface area contributed by atoms with Gasteiger partial charge in [-0.2, -0.15) is 0 Å². The van der Waals surface area contributed by atoms with Crippen molar-refractivity contribution in [2.75, 3.05) is 24.7 Å². The second-order valence-corrected chi connectivity index (χ2v) is 5.81. The molecule has 0 atom stereocenters. The van der Waals surface area contributed by atoms with Crippen LogP contribution in [0.4, 0.5) is 5.69 Å². The predicted molar refractivity (Wildman–Crippen MR) is 78.2 cm³/mol. The maximum Gasteiger partial charge on any atom is 0.0469 e. The van der Waals surface area contributed by atoms with Gasteiger partial charge in [-0.15, -0.1) is 0 Å². The molecule has 1 aromatic carbocycles. The highest BCUT2D eigenvalue weighted by atomic mass is 16.5. The van der Waals surface area contributed by atoms with Crippen molar-refractivity contribution < 1.29 is 4.74 Å². The highest BCUT2D eigenvalue weighted by Crippen LogP contribution is 2.33. The van der Waals surface area contributed by atoms with Gasteiger partial charge in [-0.1, -0.05) is 12.1 Å². The summed E-state index contributed by atoms with van der Waals surface area (Å²) in [6.45, 7) is 3.70. The van der Waals surface area contributed by atoms with E-state index in [1.807, 2.05) is 0 Å². The van der Waals surface area contributed by atoms with Gasteiger partial charge < -0.3 is 15.4 Å². The van der Waals surface area contributed by atoms with Crippen LogP contribution in [0.5, 0.6) is 0 Å². The monoisotopic (exact) mass is 260 g/mol. The molecule has 1 saturated carbocycles. The maximum atomic E-state index is 5.67. The molecule has 0 aromatic heterocycles. The standard InChI is InChI=1S/C16H24N2O/c17-11-13-1-3-15(4-2-13)18(16-5-6-16)12-14-7-9-19-10-8-14/h1-4,14,16H,5-12,17H2. The molecule has 2 aliphatic rings. The fourth-order valence-electron chi connectivity index (χ4n) is 2.88. The Morgan fingerprint density at radius 2 is 1.74 bits per heavy atom. The Labute approximate surface area is 115 Å². The van der Waals surface area contributed by atoms with Crippen LogP contribution in [0.25, 0.3) is 0 Å². The summed E-state index contributed by atoms with van der Waals surface area (Å²) in [4.78, 5) is 2.61. The van der Waals surface area contributed by atoms with E-state index >= 15 is 0 Å². The first kappa shape index (κ1) is 12.9. The Bertz CT molecular complexity index is 394. The summed E-state index contributed by atoms with van der Waals surface area (Å²) in [6, 6.07) is 9.56. The number of hydrogen-bond acceptors (Lipinski definition) is 3. The van der Waals surface area contributed by atoms with E-state index in [4.69, 9.17) is 10.5 Å². The third-order valence-corrected chi connectivity index (χ3v) is 4.29. The van der Waals surface area contributed by atoms with Crippen LogP contribution >= 0.6 is 0 Å². The molecule has 1 aromatic rings. The van der Waals surface area contributed by atoms with Gasteiger partial charge in [0.2, 0.25) is 0 Å². The van der Waals surface area contributed by atoms with Crippen LogP contribution in [-0.2, 0) is 11.3 Å². The highest BCUT2D eigenvalue weighted by molar-refractivity contribution is 5.49. The lowest BCUT2D eigenvalue weighted by Gasteiger charge is -2.31. The van der Waals surface area contributed by atoms with Crippen LogP contribution in [0, 0.1) is 5.92 Å². The molecule has 0 unspecified atom stereocenters. The molecule has 0 bridgehead atoms. The third kappa shape index (κ3) is 3.28. The van der Waals surface area contributed by atoms with E-state index in [2.05, 4.69) is 29.2 Å². The van der Waals surface area contributed by atoms with Gasteiger partial charge in [-0.3, -0.25) is 0 Å². The number of nitrogens with two attached hydrogens (primary N) is 1. The molecule has 1 aliphatic carbocycles. The van der Waals surface area contributed by atoms with Crippen molar-refractivity contribution in [3.05, 3.63) is 29.8 Å². The predicted octanol–water partition coefficient (Wildman–Crippen LogP) is 2.54. The van der Waals surface area contributed by atoms with E-state index in [1.54, 1.807) is 0 Å². The average molecular weight is 260 g/mol. The Hall–Kier alpha value is -1.06. The van der Waals surface area contributed by atoms with Crippen molar-refractivity contribution in [3.8, 4) is 0 Å². The van der Waals surface area contributed by atoms with Crippen LogP contribution < -0.4 is 10.6 Å². The van der Waals surface area contributed by atoms with Gasteiger partial charge >= 0.3 is 0 Å². The molecule has 0 amide bonds. The first-order valence-electron chi connectivity index (χ1n) is 7.50. The molecule has 1 saturated heterocycles. The smallest absolute Gasteiger partial charge is 0.0469 e. The van der Waals surface area contributed by atoms with Crippen LogP contribution in [0.3, 0.4) is 0 Å². The zero-order valence-electron chi connectivity index (χ0n) is 11.6. The Kier molecular flexibility index (Phi) is 4.04. The van der Waals surface area contributed by atoms with Gasteiger partial charge in [-0.25, -0.2) is 0 Å². The van der Waals surface area contributed by atoms with Crippen LogP contribution in [0.1, 0.15) is 31.2 Å². The van der Waals surface area contributed by atoms with Gasteiger partial charge in [0.1, 0.15) is 0 Å². The van der Waals surface area contributed by atoms with Gasteiger partial charge in [0.25, 0.3) is 0 Å². The number of ether oxygens (including phenoxy) is 1. The van der Waals surface area contributed by atoms with Crippen LogP contribution in [0.2, 0.25) is 0 Å². The lowest BCUT2D eigenvalue weighted by atomic mass is 9.99. The van der Waals surface area contributed by atoms with Gasteiger partial charge in [0.15, 0.2) is 0 Å². The Balaban J connectivity index is 1.68. The zero-order valence-corrected chi connectivity index (χ0v) is 11.6. The van der Waals surface area contributed by atoms with Gasteiger partial charge in [0, 0.05) is 38.0 Å². The van der Waals surface area contributed by atoms with E-state index in [0.717, 1.165) is 25.2 Å². The first-order valence-corrected chi connectivity index (χ1v) is 7.50. The first-order chi connectivity index (χ1) is 9.36. The second kappa shape index (κ2) is 5.93. The summed E-state index contributed by atoms with van der Waals surface area (Å²) in [6.07, 6.45) is 5.12. The second-order valence-electron chi connectivity index (χ2n) is 5.81. The van der Waals surface area contributed by atoms with Crippen LogP contribution in [0.15, 0.2) is 24.3 Å². The zero-order chi connectivity index (χ0) is 13.1. The highest BCUT2D eigenvalue weighted by Gasteiger charge is 2.31. The molecule has 104 valence electrons. The summed E-state index contributed by atoms with van der Waals surface area (Å²) in [5.74, 6) is 0.795. The minimum atomic E-state index is 0.629. The molecule has 1 heterocycles. The number of nitrogens with zero attached hydrogens (tertiary/aromatic N) is 1. The molecule has 0 spiro atoms. The largest absolute Gasteiger partial charge is 0.381 e. The molecular weight excluding hydrogens is 236 g/mol. The fourth-order valence-corrected chi connectivity index (χ4v) is 2.88. The van der Waals surface area contributed by atoms with Crippen LogP contribution in [-0.4, -0.2) is 25.8 Å². The summed E-state index contributed by atoms with van der Waals surface area (Å²) in [5.41, 5.74) is 8.25. The SMILES string of the molecule is NCc1ccc(N(CC2CCOCC2)C2CC2)cc1. The lowest BCUT2D eigenvalue weighted by molar-refractivity contribution is 0.0681. The van der Waals surface area contributed by atoms with Crippen molar-refractivity contribution in [1.82, 2.24) is 0 Å². The summed E-state index contributed by atoms with van der Waals surface area (Å²) >= 11 is 0. The average Bonchev–Trinajstić information content (AvgIpc) is 3.31. The van der Waals surface area contributed by atoms with Gasteiger partial charge in [-0.05, 0) is 49.3 Å². The molecule has 3 rings (SSSR count). The molecular formula is C16H24N2O. The Morgan fingerprint density at radius 3 is 2.32 bits per heavy atom. The normalized spacial score (nSPS) is 20.5. The number of rotatable bonds is 5. The Morgan fingerprint density at radius 1 is 1.05 bits per heavy atom. The molecule has 1 aliphatic heterocycles. The molecule has 2 N–H and O–H groups in total. The maximum absolute atomic E-state index is 5.67. The summed E-state index contributed by atoms with van der Waals surface area (Å²) in [5, 5.41) is 0. The molecule has 3 nitrogen and oxygen atoms in total. The van der Waals surface area contributed by atoms with Crippen molar-refractivity contribution in [2.24, 2.45) is 11.7 Å². The number of anilines is 1.